The molecule has 1 unspecified atom stereocenters. The van der Waals surface area contributed by atoms with Crippen molar-refractivity contribution < 1.29 is 13.9 Å². The Hall–Kier alpha value is -3.16. The number of fused-ring (bicyclic) bond motifs is 3. The van der Waals surface area contributed by atoms with Crippen LogP contribution in [0.25, 0.3) is 22.2 Å². The van der Waals surface area contributed by atoms with E-state index in [-0.39, 0.29) is 23.3 Å². The van der Waals surface area contributed by atoms with Gasteiger partial charge >= 0.3 is 6.03 Å². The Kier molecular flexibility index (Phi) is 5.03. The molecule has 2 aliphatic rings. The van der Waals surface area contributed by atoms with Crippen molar-refractivity contribution in [3.8, 4) is 17.0 Å². The van der Waals surface area contributed by atoms with Crippen molar-refractivity contribution >= 4 is 16.9 Å². The highest BCUT2D eigenvalue weighted by Gasteiger charge is 2.46. The van der Waals surface area contributed by atoms with Crippen LogP contribution in [0, 0.1) is 5.82 Å². The molecular weight excluding hydrogens is 409 g/mol. The second kappa shape index (κ2) is 7.76. The van der Waals surface area contributed by atoms with Crippen molar-refractivity contribution in [3.63, 3.8) is 0 Å². The molecule has 5 rings (SSSR count). The zero-order valence-electron chi connectivity index (χ0n) is 18.7. The maximum Gasteiger partial charge on any atom is 0.317 e. The number of halogens is 1. The summed E-state index contributed by atoms with van der Waals surface area (Å²) in [6, 6.07) is 7.23. The fourth-order valence-electron chi connectivity index (χ4n) is 4.94. The monoisotopic (exact) mass is 437 g/mol. The lowest BCUT2D eigenvalue weighted by Gasteiger charge is -2.23. The number of aromatic nitrogens is 3. The number of amides is 2. The second-order valence-electron chi connectivity index (χ2n) is 9.04. The molecule has 2 amide bonds. The molecule has 1 spiro atoms. The normalized spacial score (nSPS) is 19.8. The minimum atomic E-state index is -0.410. The number of carbonyl (C=O) groups is 1. The standard InChI is InChI=1S/C24H28FN5O2/c1-4-26-23(31)29-7-5-24(14-29)6-8-30-22(24)12-20(28-30)17-9-16-10-21(32-15(2)3)18(25)11-19(16)27-13-17/h9-13,15H,4-8,14H2,1-3H3,(H,26,31). The van der Waals surface area contributed by atoms with Crippen LogP contribution in [0.2, 0.25) is 0 Å². The summed E-state index contributed by atoms with van der Waals surface area (Å²) < 4.78 is 22.0. The summed E-state index contributed by atoms with van der Waals surface area (Å²) in [4.78, 5) is 18.7. The molecule has 0 bridgehead atoms. The molecule has 1 atom stereocenters. The Bertz CT molecular complexity index is 1190. The van der Waals surface area contributed by atoms with Gasteiger partial charge in [0.05, 0.1) is 17.3 Å². The van der Waals surface area contributed by atoms with Crippen LogP contribution in [-0.4, -0.2) is 51.4 Å². The highest BCUT2D eigenvalue weighted by Crippen LogP contribution is 2.43. The number of aryl methyl sites for hydroxylation is 1. The number of pyridine rings is 1. The highest BCUT2D eigenvalue weighted by atomic mass is 19.1. The first-order chi connectivity index (χ1) is 15.4. The van der Waals surface area contributed by atoms with Crippen LogP contribution < -0.4 is 10.1 Å². The third kappa shape index (κ3) is 3.47. The molecule has 7 nitrogen and oxygen atoms in total. The topological polar surface area (TPSA) is 72.3 Å². The van der Waals surface area contributed by atoms with Gasteiger partial charge < -0.3 is 15.0 Å². The van der Waals surface area contributed by atoms with Gasteiger partial charge in [-0.1, -0.05) is 0 Å². The lowest BCUT2D eigenvalue weighted by Crippen LogP contribution is -2.40. The van der Waals surface area contributed by atoms with Crippen molar-refractivity contribution in [3.05, 3.63) is 42.0 Å². The summed E-state index contributed by atoms with van der Waals surface area (Å²) in [6.45, 7) is 8.63. The number of hydrogen-bond acceptors (Lipinski definition) is 4. The third-order valence-corrected chi connectivity index (χ3v) is 6.49. The summed E-state index contributed by atoms with van der Waals surface area (Å²) in [6.07, 6.45) is 3.57. The molecule has 0 aliphatic carbocycles. The smallest absolute Gasteiger partial charge is 0.317 e. The Morgan fingerprint density at radius 1 is 1.25 bits per heavy atom. The molecule has 4 heterocycles. The summed E-state index contributed by atoms with van der Waals surface area (Å²) in [7, 11) is 0. The van der Waals surface area contributed by atoms with Gasteiger partial charge in [-0.3, -0.25) is 9.67 Å². The number of rotatable bonds is 4. The summed E-state index contributed by atoms with van der Waals surface area (Å²) in [5.74, 6) is -0.179. The molecule has 1 aromatic carbocycles. The first kappa shape index (κ1) is 20.7. The number of benzene rings is 1. The zero-order valence-corrected chi connectivity index (χ0v) is 18.7. The predicted molar refractivity (Wildman–Crippen MR) is 120 cm³/mol. The molecule has 1 fully saturated rings. The Morgan fingerprint density at radius 2 is 2.06 bits per heavy atom. The number of nitrogens with zero attached hydrogens (tertiary/aromatic N) is 4. The minimum Gasteiger partial charge on any atom is -0.488 e. The summed E-state index contributed by atoms with van der Waals surface area (Å²) in [5, 5.41) is 8.55. The maximum absolute atomic E-state index is 14.3. The Morgan fingerprint density at radius 3 is 2.84 bits per heavy atom. The average Bonchev–Trinajstić information content (AvgIpc) is 3.45. The van der Waals surface area contributed by atoms with Crippen molar-refractivity contribution in [2.24, 2.45) is 0 Å². The van der Waals surface area contributed by atoms with E-state index >= 15 is 0 Å². The van der Waals surface area contributed by atoms with Crippen LogP contribution in [0.3, 0.4) is 0 Å². The fraction of sp³-hybridized carbons (Fsp3) is 0.458. The largest absolute Gasteiger partial charge is 0.488 e. The van der Waals surface area contributed by atoms with E-state index in [1.54, 1.807) is 12.3 Å². The fourth-order valence-corrected chi connectivity index (χ4v) is 4.94. The van der Waals surface area contributed by atoms with E-state index < -0.39 is 5.82 Å². The van der Waals surface area contributed by atoms with Crippen molar-refractivity contribution in [2.45, 2.75) is 51.7 Å². The number of nitrogens with one attached hydrogen (secondary N) is 1. The number of carbonyl (C=O) groups excluding carboxylic acids is 1. The molecule has 2 aliphatic heterocycles. The highest BCUT2D eigenvalue weighted by molar-refractivity contribution is 5.84. The quantitative estimate of drug-likeness (QED) is 0.667. The Labute approximate surface area is 186 Å². The number of hydrogen-bond donors (Lipinski definition) is 1. The molecule has 0 saturated carbocycles. The van der Waals surface area contributed by atoms with E-state index in [2.05, 4.69) is 21.0 Å². The van der Waals surface area contributed by atoms with Gasteiger partial charge in [0, 0.05) is 60.5 Å². The van der Waals surface area contributed by atoms with Crippen LogP contribution in [0.15, 0.2) is 30.5 Å². The number of likely N-dealkylation sites (tertiary alicyclic amines) is 1. The van der Waals surface area contributed by atoms with Crippen LogP contribution in [0.4, 0.5) is 9.18 Å². The van der Waals surface area contributed by atoms with Gasteiger partial charge in [-0.2, -0.15) is 5.10 Å². The van der Waals surface area contributed by atoms with Crippen LogP contribution >= 0.6 is 0 Å². The zero-order chi connectivity index (χ0) is 22.5. The van der Waals surface area contributed by atoms with Gasteiger partial charge in [-0.05, 0) is 51.8 Å². The summed E-state index contributed by atoms with van der Waals surface area (Å²) in [5.41, 5.74) is 3.46. The molecule has 32 heavy (non-hydrogen) atoms. The van der Waals surface area contributed by atoms with Gasteiger partial charge in [0.25, 0.3) is 0 Å². The molecule has 2 aromatic heterocycles. The summed E-state index contributed by atoms with van der Waals surface area (Å²) >= 11 is 0. The SMILES string of the molecule is CCNC(=O)N1CCC2(CCn3nc(-c4cnc5cc(F)c(OC(C)C)cc5c4)cc32)C1. The average molecular weight is 438 g/mol. The van der Waals surface area contributed by atoms with Crippen molar-refractivity contribution in [1.29, 1.82) is 0 Å². The van der Waals surface area contributed by atoms with E-state index in [1.807, 2.05) is 31.7 Å². The molecular formula is C24H28FN5O2. The minimum absolute atomic E-state index is 0.00736. The number of urea groups is 1. The molecule has 0 radical (unpaired) electrons. The number of ether oxygens (including phenoxy) is 1. The molecule has 3 aromatic rings. The molecule has 168 valence electrons. The lowest BCUT2D eigenvalue weighted by molar-refractivity contribution is 0.206. The van der Waals surface area contributed by atoms with E-state index in [4.69, 9.17) is 9.84 Å². The van der Waals surface area contributed by atoms with Gasteiger partial charge in [0.1, 0.15) is 0 Å². The first-order valence-electron chi connectivity index (χ1n) is 11.3. The Balaban J connectivity index is 1.45. The van der Waals surface area contributed by atoms with Crippen LogP contribution in [0.5, 0.6) is 5.75 Å². The molecule has 8 heteroatoms. The second-order valence-corrected chi connectivity index (χ2v) is 9.04. The predicted octanol–water partition coefficient (Wildman–Crippen LogP) is 4.10. The van der Waals surface area contributed by atoms with E-state index in [1.165, 1.54) is 11.8 Å². The van der Waals surface area contributed by atoms with Gasteiger partial charge in [-0.25, -0.2) is 9.18 Å². The maximum atomic E-state index is 14.3. The molecule has 1 saturated heterocycles. The van der Waals surface area contributed by atoms with Crippen molar-refractivity contribution in [1.82, 2.24) is 25.0 Å². The first-order valence-corrected chi connectivity index (χ1v) is 11.3. The molecule has 1 N–H and O–H groups in total. The van der Waals surface area contributed by atoms with Crippen LogP contribution in [0.1, 0.15) is 39.3 Å². The lowest BCUT2D eigenvalue weighted by atomic mass is 9.82. The van der Waals surface area contributed by atoms with Gasteiger partial charge in [0.15, 0.2) is 11.6 Å². The van der Waals surface area contributed by atoms with Crippen LogP contribution in [-0.2, 0) is 12.0 Å². The van der Waals surface area contributed by atoms with E-state index in [9.17, 15) is 9.18 Å². The van der Waals surface area contributed by atoms with Gasteiger partial charge in [-0.15, -0.1) is 0 Å². The van der Waals surface area contributed by atoms with Gasteiger partial charge in [0.2, 0.25) is 0 Å². The van der Waals surface area contributed by atoms with Crippen molar-refractivity contribution in [2.75, 3.05) is 19.6 Å². The third-order valence-electron chi connectivity index (χ3n) is 6.49. The van der Waals surface area contributed by atoms with E-state index in [0.717, 1.165) is 49.1 Å². The van der Waals surface area contributed by atoms with E-state index in [0.29, 0.717) is 12.1 Å².